The molecule has 0 unspecified atom stereocenters. The summed E-state index contributed by atoms with van der Waals surface area (Å²) in [4.78, 5) is 13.5. The van der Waals surface area contributed by atoms with Gasteiger partial charge in [0, 0.05) is 17.0 Å². The molecular weight excluding hydrogens is 551 g/mol. The Labute approximate surface area is 238 Å². The molecule has 0 atom stereocenters. The van der Waals surface area contributed by atoms with Crippen molar-refractivity contribution in [2.75, 3.05) is 22.5 Å². The van der Waals surface area contributed by atoms with E-state index in [0.29, 0.717) is 28.4 Å². The van der Waals surface area contributed by atoms with E-state index in [4.69, 9.17) is 17.0 Å². The van der Waals surface area contributed by atoms with Gasteiger partial charge in [-0.25, -0.2) is 13.2 Å². The van der Waals surface area contributed by atoms with Gasteiger partial charge in [-0.1, -0.05) is 48.0 Å². The molecule has 4 rings (SSSR count). The maximum absolute atomic E-state index is 13.0. The first-order valence-corrected chi connectivity index (χ1v) is 14.8. The maximum atomic E-state index is 13.0. The normalized spacial score (nSPS) is 11.1. The molecule has 7 nitrogen and oxygen atoms in total. The van der Waals surface area contributed by atoms with Crippen LogP contribution in [-0.4, -0.2) is 26.6 Å². The van der Waals surface area contributed by atoms with Crippen molar-refractivity contribution >= 4 is 61.0 Å². The fourth-order valence-corrected chi connectivity index (χ4v) is 6.77. The number of thiocarbonyl (C=S) groups is 1. The highest BCUT2D eigenvalue weighted by molar-refractivity contribution is 7.92. The summed E-state index contributed by atoms with van der Waals surface area (Å²) in [7, 11) is -2.45. The minimum Gasteiger partial charge on any atom is -0.465 e. The smallest absolute Gasteiger partial charge is 0.340 e. The Morgan fingerprint density at radius 2 is 1.56 bits per heavy atom. The SMILES string of the molecule is COC(=O)c1cc(Cc2ccccc2)sc1NC(=S)Nc1ccc(S(=O)(=O)Nc2c(C)cc(C)cc2C)cc1. The number of sulfonamides is 1. The van der Waals surface area contributed by atoms with Crippen molar-refractivity contribution in [1.82, 2.24) is 0 Å². The molecule has 0 spiro atoms. The van der Waals surface area contributed by atoms with E-state index in [1.165, 1.54) is 30.6 Å². The van der Waals surface area contributed by atoms with Gasteiger partial charge in [0.2, 0.25) is 0 Å². The molecular formula is C29H29N3O4S3. The lowest BCUT2D eigenvalue weighted by atomic mass is 10.1. The van der Waals surface area contributed by atoms with Gasteiger partial charge in [0.15, 0.2) is 5.11 Å². The fourth-order valence-electron chi connectivity index (χ4n) is 4.20. The third kappa shape index (κ3) is 7.03. The number of aryl methyl sites for hydroxylation is 3. The Bertz CT molecular complexity index is 1590. The average Bonchev–Trinajstić information content (AvgIpc) is 3.28. The van der Waals surface area contributed by atoms with E-state index in [0.717, 1.165) is 27.1 Å². The molecule has 0 fully saturated rings. The van der Waals surface area contributed by atoms with E-state index in [-0.39, 0.29) is 10.0 Å². The Balaban J connectivity index is 1.46. The van der Waals surface area contributed by atoms with Crippen LogP contribution in [0, 0.1) is 20.8 Å². The topological polar surface area (TPSA) is 96.5 Å². The molecule has 39 heavy (non-hydrogen) atoms. The first-order valence-electron chi connectivity index (χ1n) is 12.1. The molecule has 0 radical (unpaired) electrons. The number of carbonyl (C=O) groups is 1. The highest BCUT2D eigenvalue weighted by Crippen LogP contribution is 2.31. The van der Waals surface area contributed by atoms with Gasteiger partial charge >= 0.3 is 5.97 Å². The molecule has 0 aliphatic carbocycles. The van der Waals surface area contributed by atoms with Gasteiger partial charge < -0.3 is 15.4 Å². The van der Waals surface area contributed by atoms with E-state index in [2.05, 4.69) is 15.4 Å². The zero-order valence-corrected chi connectivity index (χ0v) is 24.4. The largest absolute Gasteiger partial charge is 0.465 e. The zero-order chi connectivity index (χ0) is 28.2. The van der Waals surface area contributed by atoms with Crippen LogP contribution in [0.3, 0.4) is 0 Å². The fraction of sp³-hybridized carbons (Fsp3) is 0.172. The minimum atomic E-state index is -3.78. The number of benzene rings is 3. The molecule has 0 amide bonds. The summed E-state index contributed by atoms with van der Waals surface area (Å²) < 4.78 is 33.7. The molecule has 0 aliphatic heterocycles. The number of nitrogens with one attached hydrogen (secondary N) is 3. The van der Waals surface area contributed by atoms with Gasteiger partial charge in [-0.2, -0.15) is 0 Å². The lowest BCUT2D eigenvalue weighted by molar-refractivity contribution is 0.0602. The Morgan fingerprint density at radius 3 is 2.18 bits per heavy atom. The number of hydrogen-bond donors (Lipinski definition) is 3. The Kier molecular flexibility index (Phi) is 8.69. The van der Waals surface area contributed by atoms with Gasteiger partial charge in [0.05, 0.1) is 23.3 Å². The van der Waals surface area contributed by atoms with E-state index in [1.807, 2.05) is 63.2 Å². The van der Waals surface area contributed by atoms with Crippen molar-refractivity contribution in [2.24, 2.45) is 0 Å². The second-order valence-corrected chi connectivity index (χ2v) is 12.3. The molecule has 202 valence electrons. The monoisotopic (exact) mass is 579 g/mol. The molecule has 0 aliphatic rings. The van der Waals surface area contributed by atoms with Crippen molar-refractivity contribution in [3.8, 4) is 0 Å². The Morgan fingerprint density at radius 1 is 0.923 bits per heavy atom. The predicted molar refractivity (Wildman–Crippen MR) is 163 cm³/mol. The van der Waals surface area contributed by atoms with Crippen LogP contribution in [0.2, 0.25) is 0 Å². The van der Waals surface area contributed by atoms with E-state index in [1.54, 1.807) is 18.2 Å². The quantitative estimate of drug-likeness (QED) is 0.159. The van der Waals surface area contributed by atoms with Crippen LogP contribution in [0.1, 0.15) is 37.5 Å². The number of esters is 1. The lowest BCUT2D eigenvalue weighted by Crippen LogP contribution is -2.20. The first-order chi connectivity index (χ1) is 18.6. The lowest BCUT2D eigenvalue weighted by Gasteiger charge is -2.15. The van der Waals surface area contributed by atoms with Gasteiger partial charge in [0.1, 0.15) is 5.00 Å². The van der Waals surface area contributed by atoms with Crippen molar-refractivity contribution in [2.45, 2.75) is 32.1 Å². The van der Waals surface area contributed by atoms with Gasteiger partial charge in [-0.3, -0.25) is 4.72 Å². The number of carbonyl (C=O) groups excluding carboxylic acids is 1. The number of hydrogen-bond acceptors (Lipinski definition) is 6. The first kappa shape index (κ1) is 28.3. The van der Waals surface area contributed by atoms with Crippen LogP contribution in [0.15, 0.2) is 77.7 Å². The minimum absolute atomic E-state index is 0.128. The van der Waals surface area contributed by atoms with E-state index < -0.39 is 16.0 Å². The summed E-state index contributed by atoms with van der Waals surface area (Å²) >= 11 is 6.89. The van der Waals surface area contributed by atoms with Crippen LogP contribution in [0.4, 0.5) is 16.4 Å². The highest BCUT2D eigenvalue weighted by Gasteiger charge is 2.19. The summed E-state index contributed by atoms with van der Waals surface area (Å²) in [6.45, 7) is 5.73. The number of thiophene rings is 1. The van der Waals surface area contributed by atoms with E-state index >= 15 is 0 Å². The summed E-state index contributed by atoms with van der Waals surface area (Å²) in [5, 5.41) is 6.95. The standard InChI is InChI=1S/C29H29N3O4S3/c1-18-14-19(2)26(20(3)15-18)32-39(34,35)24-12-10-22(11-13-24)30-29(37)31-27-25(28(33)36-4)17-23(38-27)16-21-8-6-5-7-9-21/h5-15,17,32H,16H2,1-4H3,(H2,30,31,37). The molecule has 1 heterocycles. The molecule has 0 saturated carbocycles. The third-order valence-corrected chi connectivity index (χ3v) is 8.59. The zero-order valence-electron chi connectivity index (χ0n) is 22.0. The van der Waals surface area contributed by atoms with Crippen LogP contribution in [0.25, 0.3) is 0 Å². The summed E-state index contributed by atoms with van der Waals surface area (Å²) in [5.41, 5.74) is 5.48. The van der Waals surface area contributed by atoms with Crippen molar-refractivity contribution < 1.29 is 17.9 Å². The maximum Gasteiger partial charge on any atom is 0.340 e. The molecule has 4 aromatic rings. The summed E-state index contributed by atoms with van der Waals surface area (Å²) in [5.74, 6) is -0.461. The second-order valence-electron chi connectivity index (χ2n) is 9.09. The molecule has 3 aromatic carbocycles. The third-order valence-electron chi connectivity index (χ3n) is 5.97. The van der Waals surface area contributed by atoms with Gasteiger partial charge in [-0.15, -0.1) is 11.3 Å². The van der Waals surface area contributed by atoms with Gasteiger partial charge in [0.25, 0.3) is 10.0 Å². The molecule has 1 aromatic heterocycles. The number of methoxy groups -OCH3 is 1. The van der Waals surface area contributed by atoms with Crippen molar-refractivity contribution in [3.05, 3.63) is 105 Å². The molecule has 10 heteroatoms. The molecule has 0 saturated heterocycles. The molecule has 3 N–H and O–H groups in total. The van der Waals surface area contributed by atoms with Crippen LogP contribution < -0.4 is 15.4 Å². The van der Waals surface area contributed by atoms with Gasteiger partial charge in [-0.05, 0) is 80.0 Å². The van der Waals surface area contributed by atoms with Crippen LogP contribution >= 0.6 is 23.6 Å². The van der Waals surface area contributed by atoms with Crippen molar-refractivity contribution in [3.63, 3.8) is 0 Å². The highest BCUT2D eigenvalue weighted by atomic mass is 32.2. The summed E-state index contributed by atoms with van der Waals surface area (Å²) in [6.07, 6.45) is 0.670. The van der Waals surface area contributed by atoms with E-state index in [9.17, 15) is 13.2 Å². The number of rotatable bonds is 8. The predicted octanol–water partition coefficient (Wildman–Crippen LogP) is 6.66. The van der Waals surface area contributed by atoms with Crippen molar-refractivity contribution in [1.29, 1.82) is 0 Å². The summed E-state index contributed by atoms with van der Waals surface area (Å²) in [6, 6.07) is 21.9. The van der Waals surface area contributed by atoms with Crippen LogP contribution in [-0.2, 0) is 21.2 Å². The number of ether oxygens (including phenoxy) is 1. The number of anilines is 3. The molecule has 0 bridgehead atoms. The Hall–Kier alpha value is -3.73. The second kappa shape index (κ2) is 12.0. The van der Waals surface area contributed by atoms with Crippen LogP contribution in [0.5, 0.6) is 0 Å². The average molecular weight is 580 g/mol.